The van der Waals surface area contributed by atoms with Crippen molar-refractivity contribution >= 4 is 29.5 Å². The molecule has 1 aromatic rings. The Morgan fingerprint density at radius 2 is 2.07 bits per heavy atom. The Kier molecular flexibility index (Phi) is 4.20. The van der Waals surface area contributed by atoms with Crippen LogP contribution in [0.4, 0.5) is 24.7 Å². The summed E-state index contributed by atoms with van der Waals surface area (Å²) in [5, 5.41) is 6.62. The lowest BCUT2D eigenvalue weighted by Gasteiger charge is -2.30. The minimum atomic E-state index is -4.48. The van der Waals surface area contributed by atoms with Gasteiger partial charge in [-0.05, 0) is 31.4 Å². The molecule has 2 N–H and O–H groups in total. The maximum Gasteiger partial charge on any atom is 0.419 e. The molecule has 28 heavy (non-hydrogen) atoms. The predicted octanol–water partition coefficient (Wildman–Crippen LogP) is 3.19. The van der Waals surface area contributed by atoms with Crippen LogP contribution in [-0.4, -0.2) is 53.3 Å². The number of halogens is 4. The van der Waals surface area contributed by atoms with Crippen molar-refractivity contribution in [2.75, 3.05) is 23.3 Å². The fraction of sp³-hybridized carbons (Fsp3) is 0.556. The molecule has 1 saturated carbocycles. The summed E-state index contributed by atoms with van der Waals surface area (Å²) in [6.07, 6.45) is -0.364. The lowest BCUT2D eigenvalue weighted by atomic mass is 10.2. The minimum absolute atomic E-state index is 0.373. The molecule has 3 fully saturated rings. The highest BCUT2D eigenvalue weighted by atomic mass is 35.5. The van der Waals surface area contributed by atoms with Gasteiger partial charge in [0.1, 0.15) is 5.82 Å². The molecular weight excluding hydrogens is 393 g/mol. The maximum atomic E-state index is 12.8. The molecule has 6 nitrogen and oxygen atoms in total. The Bertz CT molecular complexity index is 837. The summed E-state index contributed by atoms with van der Waals surface area (Å²) in [6, 6.07) is 4.93. The van der Waals surface area contributed by atoms with Gasteiger partial charge < -0.3 is 15.5 Å². The second-order valence-corrected chi connectivity index (χ2v) is 8.14. The molecule has 3 aliphatic heterocycles. The molecule has 2 bridgehead atoms. The van der Waals surface area contributed by atoms with Crippen molar-refractivity contribution < 1.29 is 13.2 Å². The average Bonchev–Trinajstić information content (AvgIpc) is 3.28. The van der Waals surface area contributed by atoms with Gasteiger partial charge in [-0.1, -0.05) is 0 Å². The summed E-state index contributed by atoms with van der Waals surface area (Å²) in [4.78, 5) is 11.2. The molecule has 5 rings (SSSR count). The maximum absolute atomic E-state index is 12.8. The number of aromatic nitrogens is 1. The lowest BCUT2D eigenvalue weighted by molar-refractivity contribution is -0.0867. The Balaban J connectivity index is 1.36. The Morgan fingerprint density at radius 3 is 2.68 bits per heavy atom. The zero-order valence-electron chi connectivity index (χ0n) is 15.0. The van der Waals surface area contributed by atoms with Crippen molar-refractivity contribution in [3.05, 3.63) is 29.6 Å². The van der Waals surface area contributed by atoms with E-state index in [0.29, 0.717) is 18.0 Å². The molecular formula is C18H20ClF3N6. The number of hydrogen-bond donors (Lipinski definition) is 2. The molecule has 0 radical (unpaired) electrons. The van der Waals surface area contributed by atoms with Crippen molar-refractivity contribution in [2.24, 2.45) is 4.99 Å². The summed E-state index contributed by atoms with van der Waals surface area (Å²) in [7, 11) is 0. The van der Waals surface area contributed by atoms with Crippen LogP contribution in [0.15, 0.2) is 28.9 Å². The van der Waals surface area contributed by atoms with Crippen LogP contribution >= 0.6 is 11.8 Å². The number of alkyl halides is 3. The third kappa shape index (κ3) is 3.30. The Morgan fingerprint density at radius 1 is 1.25 bits per heavy atom. The number of anilines is 2. The van der Waals surface area contributed by atoms with Gasteiger partial charge in [0.2, 0.25) is 6.29 Å². The molecule has 4 aliphatic rings. The standard InChI is InChI=1S/C18H20ClF3N6/c19-28-8-11(18(20,21)22)6-24-17(28)25-14-3-4-15(26-16(14)10-1-2-10)27-9-12-5-13(27)7-23-12/h3-4,6,8,10,12-13,17,23,25H,1-2,5,7,9H2/t12-,13-,17?/m1/s1. The van der Waals surface area contributed by atoms with E-state index in [0.717, 1.165) is 66.4 Å². The summed E-state index contributed by atoms with van der Waals surface area (Å²) < 4.78 is 39.4. The monoisotopic (exact) mass is 412 g/mol. The van der Waals surface area contributed by atoms with Gasteiger partial charge in [-0.15, -0.1) is 0 Å². The van der Waals surface area contributed by atoms with Crippen molar-refractivity contribution in [2.45, 2.75) is 49.7 Å². The summed E-state index contributed by atoms with van der Waals surface area (Å²) in [5.41, 5.74) is 0.832. The molecule has 150 valence electrons. The molecule has 0 spiro atoms. The van der Waals surface area contributed by atoms with Gasteiger partial charge in [0, 0.05) is 55.3 Å². The van der Waals surface area contributed by atoms with Crippen LogP contribution in [0.5, 0.6) is 0 Å². The molecule has 0 aromatic carbocycles. The fourth-order valence-corrected chi connectivity index (χ4v) is 4.30. The largest absolute Gasteiger partial charge is 0.419 e. The molecule has 4 heterocycles. The van der Waals surface area contributed by atoms with Gasteiger partial charge >= 0.3 is 6.18 Å². The first-order valence-corrected chi connectivity index (χ1v) is 9.76. The van der Waals surface area contributed by atoms with E-state index in [9.17, 15) is 13.2 Å². The molecule has 2 saturated heterocycles. The third-order valence-corrected chi connectivity index (χ3v) is 5.97. The zero-order chi connectivity index (χ0) is 19.5. The highest BCUT2D eigenvalue weighted by Crippen LogP contribution is 2.44. The number of aliphatic imine (C=N–C) groups is 1. The van der Waals surface area contributed by atoms with E-state index < -0.39 is 18.0 Å². The number of allylic oxidation sites excluding steroid dienone is 1. The number of pyridine rings is 1. The highest BCUT2D eigenvalue weighted by Gasteiger charge is 2.39. The SMILES string of the molecule is FC(F)(F)C1=CN(Cl)C(Nc2ccc(N3C[C@H]4C[C@@H]3CN4)nc2C2CC2)N=C1. The van der Waals surface area contributed by atoms with E-state index in [1.54, 1.807) is 0 Å². The van der Waals surface area contributed by atoms with Gasteiger partial charge in [0.05, 0.1) is 17.0 Å². The Hall–Kier alpha value is -2.00. The van der Waals surface area contributed by atoms with E-state index >= 15 is 0 Å². The first kappa shape index (κ1) is 18.1. The van der Waals surface area contributed by atoms with E-state index in [1.165, 1.54) is 0 Å². The number of piperazine rings is 1. The van der Waals surface area contributed by atoms with E-state index in [4.69, 9.17) is 16.8 Å². The van der Waals surface area contributed by atoms with Gasteiger partial charge in [0.15, 0.2) is 0 Å². The average molecular weight is 413 g/mol. The van der Waals surface area contributed by atoms with Crippen LogP contribution in [0.25, 0.3) is 0 Å². The van der Waals surface area contributed by atoms with Crippen LogP contribution in [0.3, 0.4) is 0 Å². The van der Waals surface area contributed by atoms with Crippen molar-refractivity contribution in [1.29, 1.82) is 0 Å². The van der Waals surface area contributed by atoms with Gasteiger partial charge in [-0.25, -0.2) is 14.4 Å². The zero-order valence-corrected chi connectivity index (χ0v) is 15.7. The van der Waals surface area contributed by atoms with Crippen LogP contribution in [0.2, 0.25) is 0 Å². The quantitative estimate of drug-likeness (QED) is 0.744. The molecule has 0 amide bonds. The first-order chi connectivity index (χ1) is 13.4. The van der Waals surface area contributed by atoms with E-state index in [2.05, 4.69) is 20.5 Å². The Labute approximate surface area is 165 Å². The minimum Gasteiger partial charge on any atom is -0.351 e. The summed E-state index contributed by atoms with van der Waals surface area (Å²) in [5.74, 6) is 1.34. The number of hydrogen-bond acceptors (Lipinski definition) is 6. The molecule has 1 unspecified atom stereocenters. The van der Waals surface area contributed by atoms with Gasteiger partial charge in [-0.3, -0.25) is 0 Å². The summed E-state index contributed by atoms with van der Waals surface area (Å²) >= 11 is 6.00. The van der Waals surface area contributed by atoms with Crippen molar-refractivity contribution in [3.8, 4) is 0 Å². The fourth-order valence-electron chi connectivity index (χ4n) is 4.09. The molecule has 1 aromatic heterocycles. The number of fused-ring (bicyclic) bond motifs is 2. The van der Waals surface area contributed by atoms with Gasteiger partial charge in [-0.2, -0.15) is 13.2 Å². The summed E-state index contributed by atoms with van der Waals surface area (Å²) in [6.45, 7) is 1.94. The number of rotatable bonds is 4. The third-order valence-electron chi connectivity index (χ3n) is 5.69. The number of nitrogens with zero attached hydrogens (tertiary/aromatic N) is 4. The van der Waals surface area contributed by atoms with Crippen LogP contribution < -0.4 is 15.5 Å². The van der Waals surface area contributed by atoms with Crippen LogP contribution in [0.1, 0.15) is 30.9 Å². The lowest BCUT2D eigenvalue weighted by Crippen LogP contribution is -2.44. The highest BCUT2D eigenvalue weighted by molar-refractivity contribution is 6.14. The normalized spacial score (nSPS) is 29.4. The molecule has 1 aliphatic carbocycles. The molecule has 3 atom stereocenters. The molecule has 10 heteroatoms. The first-order valence-electron chi connectivity index (χ1n) is 9.42. The second kappa shape index (κ2) is 6.52. The van der Waals surface area contributed by atoms with Gasteiger partial charge in [0.25, 0.3) is 0 Å². The van der Waals surface area contributed by atoms with E-state index in [-0.39, 0.29) is 0 Å². The second-order valence-electron chi connectivity index (χ2n) is 7.75. The van der Waals surface area contributed by atoms with E-state index in [1.807, 2.05) is 12.1 Å². The van der Waals surface area contributed by atoms with Crippen molar-refractivity contribution in [1.82, 2.24) is 14.7 Å². The number of nitrogens with one attached hydrogen (secondary N) is 2. The van der Waals surface area contributed by atoms with Crippen LogP contribution in [0, 0.1) is 0 Å². The van der Waals surface area contributed by atoms with Crippen LogP contribution in [-0.2, 0) is 0 Å². The topological polar surface area (TPSA) is 55.8 Å². The van der Waals surface area contributed by atoms with Crippen molar-refractivity contribution in [3.63, 3.8) is 0 Å². The smallest absolute Gasteiger partial charge is 0.351 e. The predicted molar refractivity (Wildman–Crippen MR) is 101 cm³/mol.